The van der Waals surface area contributed by atoms with Crippen molar-refractivity contribution in [2.75, 3.05) is 5.75 Å². The SMILES string of the molecule is CC=CC(=O)NC1CCSc2ccc(F)cc21. The third-order valence-corrected chi connectivity index (χ3v) is 3.77. The lowest BCUT2D eigenvalue weighted by atomic mass is 10.0. The van der Waals surface area contributed by atoms with Gasteiger partial charge in [-0.2, -0.15) is 0 Å². The summed E-state index contributed by atoms with van der Waals surface area (Å²) in [5.41, 5.74) is 0.888. The van der Waals surface area contributed by atoms with E-state index in [1.165, 1.54) is 18.2 Å². The minimum Gasteiger partial charge on any atom is -0.346 e. The van der Waals surface area contributed by atoms with Crippen molar-refractivity contribution in [2.24, 2.45) is 0 Å². The van der Waals surface area contributed by atoms with E-state index >= 15 is 0 Å². The zero-order chi connectivity index (χ0) is 12.3. The average molecular weight is 251 g/mol. The van der Waals surface area contributed by atoms with Gasteiger partial charge in [-0.25, -0.2) is 4.39 Å². The molecule has 17 heavy (non-hydrogen) atoms. The highest BCUT2D eigenvalue weighted by molar-refractivity contribution is 7.99. The molecule has 0 spiro atoms. The van der Waals surface area contributed by atoms with Crippen LogP contribution in [0.5, 0.6) is 0 Å². The van der Waals surface area contributed by atoms with Crippen molar-refractivity contribution in [3.8, 4) is 0 Å². The summed E-state index contributed by atoms with van der Waals surface area (Å²) < 4.78 is 13.2. The Balaban J connectivity index is 2.22. The van der Waals surface area contributed by atoms with Crippen molar-refractivity contribution in [3.05, 3.63) is 41.7 Å². The van der Waals surface area contributed by atoms with Crippen LogP contribution in [0.1, 0.15) is 24.9 Å². The number of hydrogen-bond acceptors (Lipinski definition) is 2. The number of benzene rings is 1. The van der Waals surface area contributed by atoms with E-state index in [0.717, 1.165) is 22.6 Å². The molecule has 0 bridgehead atoms. The van der Waals surface area contributed by atoms with Crippen LogP contribution in [-0.4, -0.2) is 11.7 Å². The second-order valence-corrected chi connectivity index (χ2v) is 5.02. The predicted octanol–water partition coefficient (Wildman–Crippen LogP) is 3.05. The fourth-order valence-corrected chi connectivity index (χ4v) is 2.99. The normalized spacial score (nSPS) is 19.1. The zero-order valence-corrected chi connectivity index (χ0v) is 10.4. The first-order chi connectivity index (χ1) is 8.20. The molecule has 1 aliphatic rings. The molecule has 90 valence electrons. The Kier molecular flexibility index (Phi) is 3.84. The molecule has 1 aliphatic heterocycles. The van der Waals surface area contributed by atoms with Gasteiger partial charge in [-0.3, -0.25) is 4.79 Å². The first kappa shape index (κ1) is 12.2. The molecule has 1 aromatic rings. The fourth-order valence-electron chi connectivity index (χ4n) is 1.89. The summed E-state index contributed by atoms with van der Waals surface area (Å²) in [4.78, 5) is 12.6. The number of hydrogen-bond donors (Lipinski definition) is 1. The van der Waals surface area contributed by atoms with Gasteiger partial charge in [0.25, 0.3) is 0 Å². The molecule has 2 rings (SSSR count). The van der Waals surface area contributed by atoms with Crippen molar-refractivity contribution >= 4 is 17.7 Å². The standard InChI is InChI=1S/C13H14FNOS/c1-2-3-13(16)15-11-6-7-17-12-5-4-9(14)8-10(11)12/h2-5,8,11H,6-7H2,1H3,(H,15,16). The molecule has 0 aliphatic carbocycles. The summed E-state index contributed by atoms with van der Waals surface area (Å²) in [7, 11) is 0. The lowest BCUT2D eigenvalue weighted by molar-refractivity contribution is -0.117. The number of fused-ring (bicyclic) bond motifs is 1. The van der Waals surface area contributed by atoms with Crippen molar-refractivity contribution < 1.29 is 9.18 Å². The first-order valence-electron chi connectivity index (χ1n) is 5.56. The molecule has 0 radical (unpaired) electrons. The summed E-state index contributed by atoms with van der Waals surface area (Å²) in [5, 5.41) is 2.90. The van der Waals surface area contributed by atoms with Crippen LogP contribution in [0.2, 0.25) is 0 Å². The van der Waals surface area contributed by atoms with E-state index in [4.69, 9.17) is 0 Å². The second-order valence-electron chi connectivity index (χ2n) is 3.88. The molecular formula is C13H14FNOS. The largest absolute Gasteiger partial charge is 0.346 e. The smallest absolute Gasteiger partial charge is 0.244 e. The molecule has 4 heteroatoms. The number of thioether (sulfide) groups is 1. The van der Waals surface area contributed by atoms with Crippen LogP contribution in [0.15, 0.2) is 35.2 Å². The maximum Gasteiger partial charge on any atom is 0.244 e. The van der Waals surface area contributed by atoms with E-state index in [0.29, 0.717) is 0 Å². The highest BCUT2D eigenvalue weighted by Gasteiger charge is 2.22. The minimum absolute atomic E-state index is 0.0781. The topological polar surface area (TPSA) is 29.1 Å². The molecule has 0 saturated heterocycles. The molecule has 1 aromatic carbocycles. The van der Waals surface area contributed by atoms with E-state index in [-0.39, 0.29) is 17.8 Å². The highest BCUT2D eigenvalue weighted by atomic mass is 32.2. The van der Waals surface area contributed by atoms with Gasteiger partial charge < -0.3 is 5.32 Å². The van der Waals surface area contributed by atoms with Crippen LogP contribution < -0.4 is 5.32 Å². The molecule has 1 unspecified atom stereocenters. The van der Waals surface area contributed by atoms with Gasteiger partial charge in [-0.15, -0.1) is 11.8 Å². The van der Waals surface area contributed by atoms with Crippen LogP contribution in [0.3, 0.4) is 0 Å². The lowest BCUT2D eigenvalue weighted by Crippen LogP contribution is -2.29. The van der Waals surface area contributed by atoms with Gasteiger partial charge in [0.2, 0.25) is 5.91 Å². The van der Waals surface area contributed by atoms with E-state index in [1.54, 1.807) is 30.8 Å². The van der Waals surface area contributed by atoms with Crippen molar-refractivity contribution in [2.45, 2.75) is 24.3 Å². The number of carbonyl (C=O) groups excluding carboxylic acids is 1. The minimum atomic E-state index is -0.253. The van der Waals surface area contributed by atoms with Gasteiger partial charge in [-0.05, 0) is 43.2 Å². The molecule has 0 saturated carbocycles. The molecule has 1 amide bonds. The van der Waals surface area contributed by atoms with E-state index in [2.05, 4.69) is 5.32 Å². The van der Waals surface area contributed by atoms with Crippen molar-refractivity contribution in [3.63, 3.8) is 0 Å². The number of rotatable bonds is 2. The number of nitrogens with one attached hydrogen (secondary N) is 1. The van der Waals surface area contributed by atoms with Crippen LogP contribution in [-0.2, 0) is 4.79 Å². The molecule has 0 fully saturated rings. The summed E-state index contributed by atoms with van der Waals surface area (Å²) >= 11 is 1.71. The van der Waals surface area contributed by atoms with Gasteiger partial charge in [-0.1, -0.05) is 6.08 Å². The quantitative estimate of drug-likeness (QED) is 0.818. The number of allylic oxidation sites excluding steroid dienone is 1. The first-order valence-corrected chi connectivity index (χ1v) is 6.54. The summed E-state index contributed by atoms with van der Waals surface area (Å²) in [5.74, 6) is 0.565. The summed E-state index contributed by atoms with van der Waals surface area (Å²) in [6.07, 6.45) is 4.02. The van der Waals surface area contributed by atoms with Crippen molar-refractivity contribution in [1.82, 2.24) is 5.32 Å². The molecule has 1 N–H and O–H groups in total. The molecule has 2 nitrogen and oxygen atoms in total. The predicted molar refractivity (Wildman–Crippen MR) is 67.4 cm³/mol. The van der Waals surface area contributed by atoms with E-state index in [1.807, 2.05) is 0 Å². The van der Waals surface area contributed by atoms with E-state index < -0.39 is 0 Å². The Morgan fingerprint density at radius 2 is 2.41 bits per heavy atom. The second kappa shape index (κ2) is 5.36. The van der Waals surface area contributed by atoms with E-state index in [9.17, 15) is 9.18 Å². The molecule has 1 heterocycles. The molecular weight excluding hydrogens is 237 g/mol. The van der Waals surface area contributed by atoms with Crippen LogP contribution >= 0.6 is 11.8 Å². The molecule has 0 aromatic heterocycles. The maximum absolute atomic E-state index is 13.2. The van der Waals surface area contributed by atoms with Crippen molar-refractivity contribution in [1.29, 1.82) is 0 Å². The Morgan fingerprint density at radius 3 is 3.18 bits per heavy atom. The van der Waals surface area contributed by atoms with Crippen LogP contribution in [0.4, 0.5) is 4.39 Å². The summed E-state index contributed by atoms with van der Waals surface area (Å²) in [6, 6.07) is 4.68. The van der Waals surface area contributed by atoms with Gasteiger partial charge >= 0.3 is 0 Å². The maximum atomic E-state index is 13.2. The average Bonchev–Trinajstić information content (AvgIpc) is 2.30. The lowest BCUT2D eigenvalue weighted by Gasteiger charge is -2.25. The monoisotopic (exact) mass is 251 g/mol. The van der Waals surface area contributed by atoms with Gasteiger partial charge in [0.15, 0.2) is 0 Å². The molecule has 1 atom stereocenters. The Morgan fingerprint density at radius 1 is 1.59 bits per heavy atom. The number of amides is 1. The Labute approximate surface area is 104 Å². The van der Waals surface area contributed by atoms with Gasteiger partial charge in [0, 0.05) is 10.6 Å². The van der Waals surface area contributed by atoms with Gasteiger partial charge in [0.1, 0.15) is 5.82 Å². The number of halogens is 1. The summed E-state index contributed by atoms with van der Waals surface area (Å²) in [6.45, 7) is 1.80. The Bertz CT molecular complexity index is 459. The third-order valence-electron chi connectivity index (χ3n) is 2.65. The third kappa shape index (κ3) is 2.88. The van der Waals surface area contributed by atoms with Crippen LogP contribution in [0, 0.1) is 5.82 Å². The fraction of sp³-hybridized carbons (Fsp3) is 0.308. The number of carbonyl (C=O) groups is 1. The highest BCUT2D eigenvalue weighted by Crippen LogP contribution is 2.36. The van der Waals surface area contributed by atoms with Crippen LogP contribution in [0.25, 0.3) is 0 Å². The van der Waals surface area contributed by atoms with Gasteiger partial charge in [0.05, 0.1) is 6.04 Å². The Hall–Kier alpha value is -1.29. The zero-order valence-electron chi connectivity index (χ0n) is 9.57.